The van der Waals surface area contributed by atoms with Crippen molar-refractivity contribution in [3.8, 4) is 0 Å². The molecule has 22 heavy (non-hydrogen) atoms. The number of methoxy groups -OCH3 is 1. The summed E-state index contributed by atoms with van der Waals surface area (Å²) in [6.07, 6.45) is 1.93. The molecule has 1 heterocycles. The molecule has 0 aliphatic carbocycles. The van der Waals surface area contributed by atoms with Crippen LogP contribution in [0.2, 0.25) is 10.0 Å². The van der Waals surface area contributed by atoms with Crippen LogP contribution in [0.15, 0.2) is 18.2 Å². The van der Waals surface area contributed by atoms with Crippen molar-refractivity contribution in [2.75, 3.05) is 33.4 Å². The van der Waals surface area contributed by atoms with Gasteiger partial charge in [0, 0.05) is 42.4 Å². The number of piperidine rings is 1. The van der Waals surface area contributed by atoms with Gasteiger partial charge in [0.25, 0.3) is 0 Å². The molecule has 1 N–H and O–H groups in total. The van der Waals surface area contributed by atoms with E-state index < -0.39 is 0 Å². The molecular formula is C16H22Cl2N2O2. The Morgan fingerprint density at radius 3 is 2.82 bits per heavy atom. The van der Waals surface area contributed by atoms with Crippen LogP contribution in [0.4, 0.5) is 0 Å². The molecule has 1 saturated heterocycles. The molecule has 1 amide bonds. The second-order valence-electron chi connectivity index (χ2n) is 5.56. The third-order valence-corrected chi connectivity index (χ3v) is 4.63. The second kappa shape index (κ2) is 8.73. The van der Waals surface area contributed by atoms with Gasteiger partial charge in [0.1, 0.15) is 0 Å². The number of nitrogens with zero attached hydrogens (tertiary/aromatic N) is 1. The SMILES string of the molecule is COCCNC(=O)C1CCCN(Cc2c(Cl)cccc2Cl)C1. The molecule has 1 fully saturated rings. The lowest BCUT2D eigenvalue weighted by molar-refractivity contribution is -0.127. The van der Waals surface area contributed by atoms with Gasteiger partial charge in [-0.15, -0.1) is 0 Å². The van der Waals surface area contributed by atoms with Crippen molar-refractivity contribution in [2.24, 2.45) is 5.92 Å². The molecule has 1 aliphatic rings. The Hall–Kier alpha value is -0.810. The van der Waals surface area contributed by atoms with E-state index in [0.717, 1.165) is 31.5 Å². The van der Waals surface area contributed by atoms with Crippen LogP contribution >= 0.6 is 23.2 Å². The van der Waals surface area contributed by atoms with Crippen molar-refractivity contribution >= 4 is 29.1 Å². The van der Waals surface area contributed by atoms with Crippen LogP contribution in [0.3, 0.4) is 0 Å². The van der Waals surface area contributed by atoms with Crippen molar-refractivity contribution in [1.82, 2.24) is 10.2 Å². The van der Waals surface area contributed by atoms with Gasteiger partial charge in [-0.25, -0.2) is 0 Å². The van der Waals surface area contributed by atoms with E-state index in [0.29, 0.717) is 29.7 Å². The fraction of sp³-hybridized carbons (Fsp3) is 0.562. The Kier molecular flexibility index (Phi) is 6.96. The molecule has 0 spiro atoms. The monoisotopic (exact) mass is 344 g/mol. The first kappa shape index (κ1) is 17.5. The molecule has 1 aromatic carbocycles. The topological polar surface area (TPSA) is 41.6 Å². The summed E-state index contributed by atoms with van der Waals surface area (Å²) >= 11 is 12.5. The average molecular weight is 345 g/mol. The normalized spacial score (nSPS) is 19.1. The lowest BCUT2D eigenvalue weighted by Crippen LogP contribution is -2.43. The Bertz CT molecular complexity index is 491. The largest absolute Gasteiger partial charge is 0.383 e. The third kappa shape index (κ3) is 4.85. The Labute approximate surface area is 141 Å². The number of carbonyl (C=O) groups is 1. The van der Waals surface area contributed by atoms with Gasteiger partial charge in [0.2, 0.25) is 5.91 Å². The van der Waals surface area contributed by atoms with Gasteiger partial charge in [-0.05, 0) is 31.5 Å². The Morgan fingerprint density at radius 2 is 2.14 bits per heavy atom. The first-order valence-electron chi connectivity index (χ1n) is 7.53. The summed E-state index contributed by atoms with van der Waals surface area (Å²) in [5.74, 6) is 0.124. The minimum atomic E-state index is 0.0202. The summed E-state index contributed by atoms with van der Waals surface area (Å²) in [4.78, 5) is 14.4. The predicted molar refractivity (Wildman–Crippen MR) is 89.3 cm³/mol. The van der Waals surface area contributed by atoms with Crippen molar-refractivity contribution < 1.29 is 9.53 Å². The second-order valence-corrected chi connectivity index (χ2v) is 6.37. The van der Waals surface area contributed by atoms with Crippen LogP contribution in [0.5, 0.6) is 0 Å². The maximum absolute atomic E-state index is 12.2. The van der Waals surface area contributed by atoms with Crippen LogP contribution in [-0.4, -0.2) is 44.2 Å². The first-order chi connectivity index (χ1) is 10.6. The van der Waals surface area contributed by atoms with Gasteiger partial charge in [0.05, 0.1) is 12.5 Å². The number of hydrogen-bond donors (Lipinski definition) is 1. The molecule has 0 radical (unpaired) electrons. The van der Waals surface area contributed by atoms with Crippen LogP contribution < -0.4 is 5.32 Å². The lowest BCUT2D eigenvalue weighted by Gasteiger charge is -2.32. The molecule has 0 aromatic heterocycles. The molecular weight excluding hydrogens is 323 g/mol. The summed E-state index contributed by atoms with van der Waals surface area (Å²) in [6.45, 7) is 3.48. The maximum atomic E-state index is 12.2. The number of hydrogen-bond acceptors (Lipinski definition) is 3. The predicted octanol–water partition coefficient (Wildman–Crippen LogP) is 2.97. The number of benzene rings is 1. The van der Waals surface area contributed by atoms with Gasteiger partial charge >= 0.3 is 0 Å². The number of carbonyl (C=O) groups excluding carboxylic acids is 1. The van der Waals surface area contributed by atoms with E-state index in [2.05, 4.69) is 10.2 Å². The minimum Gasteiger partial charge on any atom is -0.383 e. The summed E-state index contributed by atoms with van der Waals surface area (Å²) in [7, 11) is 1.63. The number of rotatable bonds is 6. The molecule has 4 nitrogen and oxygen atoms in total. The maximum Gasteiger partial charge on any atom is 0.224 e. The zero-order chi connectivity index (χ0) is 15.9. The summed E-state index contributed by atoms with van der Waals surface area (Å²) < 4.78 is 4.95. The highest BCUT2D eigenvalue weighted by atomic mass is 35.5. The Balaban J connectivity index is 1.92. The van der Waals surface area contributed by atoms with Crippen LogP contribution in [0, 0.1) is 5.92 Å². The van der Waals surface area contributed by atoms with E-state index in [1.807, 2.05) is 18.2 Å². The number of likely N-dealkylation sites (tertiary alicyclic amines) is 1. The van der Waals surface area contributed by atoms with Gasteiger partial charge in [-0.3, -0.25) is 9.69 Å². The lowest BCUT2D eigenvalue weighted by atomic mass is 9.96. The molecule has 1 aliphatic heterocycles. The summed E-state index contributed by atoms with van der Waals surface area (Å²) in [5.41, 5.74) is 0.936. The first-order valence-corrected chi connectivity index (χ1v) is 8.29. The average Bonchev–Trinajstić information content (AvgIpc) is 2.51. The van der Waals surface area contributed by atoms with Gasteiger partial charge in [0.15, 0.2) is 0 Å². The fourth-order valence-electron chi connectivity index (χ4n) is 2.74. The van der Waals surface area contributed by atoms with E-state index in [4.69, 9.17) is 27.9 Å². The molecule has 1 aromatic rings. The van der Waals surface area contributed by atoms with Crippen molar-refractivity contribution in [1.29, 1.82) is 0 Å². The highest BCUT2D eigenvalue weighted by Gasteiger charge is 2.26. The minimum absolute atomic E-state index is 0.0202. The van der Waals surface area contributed by atoms with Crippen LogP contribution in [-0.2, 0) is 16.1 Å². The van der Waals surface area contributed by atoms with Gasteiger partial charge < -0.3 is 10.1 Å². The number of ether oxygens (including phenoxy) is 1. The molecule has 0 saturated carbocycles. The standard InChI is InChI=1S/C16H22Cl2N2O2/c1-22-9-7-19-16(21)12-4-3-8-20(10-12)11-13-14(17)5-2-6-15(13)18/h2,5-6,12H,3-4,7-11H2,1H3,(H,19,21). The molecule has 6 heteroatoms. The summed E-state index contributed by atoms with van der Waals surface area (Å²) in [5, 5.41) is 4.28. The van der Waals surface area contributed by atoms with Crippen LogP contribution in [0.1, 0.15) is 18.4 Å². The molecule has 1 unspecified atom stereocenters. The van der Waals surface area contributed by atoms with E-state index in [1.165, 1.54) is 0 Å². The van der Waals surface area contributed by atoms with E-state index in [9.17, 15) is 4.79 Å². The highest BCUT2D eigenvalue weighted by Crippen LogP contribution is 2.27. The molecule has 122 valence electrons. The van der Waals surface area contributed by atoms with Crippen molar-refractivity contribution in [2.45, 2.75) is 19.4 Å². The number of amides is 1. The quantitative estimate of drug-likeness (QED) is 0.806. The van der Waals surface area contributed by atoms with Crippen LogP contribution in [0.25, 0.3) is 0 Å². The smallest absolute Gasteiger partial charge is 0.224 e. The fourth-order valence-corrected chi connectivity index (χ4v) is 3.26. The van der Waals surface area contributed by atoms with Gasteiger partial charge in [-0.2, -0.15) is 0 Å². The molecule has 2 rings (SSSR count). The third-order valence-electron chi connectivity index (χ3n) is 3.93. The Morgan fingerprint density at radius 1 is 1.41 bits per heavy atom. The van der Waals surface area contributed by atoms with E-state index in [1.54, 1.807) is 7.11 Å². The molecule has 1 atom stereocenters. The van der Waals surface area contributed by atoms with Crippen molar-refractivity contribution in [3.63, 3.8) is 0 Å². The highest BCUT2D eigenvalue weighted by molar-refractivity contribution is 6.35. The number of halogens is 2. The zero-order valence-electron chi connectivity index (χ0n) is 12.8. The van der Waals surface area contributed by atoms with E-state index in [-0.39, 0.29) is 11.8 Å². The zero-order valence-corrected chi connectivity index (χ0v) is 14.3. The van der Waals surface area contributed by atoms with E-state index >= 15 is 0 Å². The summed E-state index contributed by atoms with van der Waals surface area (Å²) in [6, 6.07) is 5.54. The van der Waals surface area contributed by atoms with Gasteiger partial charge in [-0.1, -0.05) is 29.3 Å². The number of nitrogens with one attached hydrogen (secondary N) is 1. The van der Waals surface area contributed by atoms with Crippen molar-refractivity contribution in [3.05, 3.63) is 33.8 Å². The molecule has 0 bridgehead atoms.